The van der Waals surface area contributed by atoms with E-state index in [9.17, 15) is 4.79 Å². The molecule has 1 heterocycles. The van der Waals surface area contributed by atoms with E-state index in [-0.39, 0.29) is 5.91 Å². The largest absolute Gasteiger partial charge is 0.348 e. The zero-order chi connectivity index (χ0) is 13.0. The lowest BCUT2D eigenvalue weighted by molar-refractivity contribution is 0.0921. The van der Waals surface area contributed by atoms with Crippen LogP contribution < -0.4 is 5.32 Å². The van der Waals surface area contributed by atoms with E-state index >= 15 is 0 Å². The van der Waals surface area contributed by atoms with Gasteiger partial charge < -0.3 is 5.32 Å². The van der Waals surface area contributed by atoms with Crippen molar-refractivity contribution in [3.63, 3.8) is 0 Å². The Morgan fingerprint density at radius 1 is 1.56 bits per heavy atom. The van der Waals surface area contributed by atoms with E-state index in [1.54, 1.807) is 17.9 Å². The Kier molecular flexibility index (Phi) is 4.33. The van der Waals surface area contributed by atoms with Crippen molar-refractivity contribution in [2.75, 3.05) is 0 Å². The molecular formula is C13H22N4O. The summed E-state index contributed by atoms with van der Waals surface area (Å²) in [5.41, 5.74) is 0.415. The first kappa shape index (κ1) is 13.1. The number of rotatable bonds is 5. The van der Waals surface area contributed by atoms with Crippen LogP contribution >= 0.6 is 0 Å². The first-order chi connectivity index (χ1) is 8.70. The molecule has 5 heteroatoms. The number of nitrogens with one attached hydrogen (secondary N) is 1. The van der Waals surface area contributed by atoms with Gasteiger partial charge in [-0.3, -0.25) is 9.48 Å². The van der Waals surface area contributed by atoms with Gasteiger partial charge >= 0.3 is 0 Å². The summed E-state index contributed by atoms with van der Waals surface area (Å²) in [6, 6.07) is 0.325. The molecule has 0 spiro atoms. The molecule has 1 aliphatic carbocycles. The van der Waals surface area contributed by atoms with Crippen LogP contribution in [0.25, 0.3) is 0 Å². The molecule has 0 aromatic carbocycles. The number of unbranched alkanes of at least 4 members (excludes halogenated alkanes) is 1. The second-order valence-corrected chi connectivity index (χ2v) is 5.19. The molecular weight excluding hydrogens is 228 g/mol. The maximum Gasteiger partial charge on any atom is 0.273 e. The zero-order valence-corrected chi connectivity index (χ0v) is 11.2. The highest BCUT2D eigenvalue weighted by Gasteiger charge is 2.28. The van der Waals surface area contributed by atoms with E-state index < -0.39 is 0 Å². The third-order valence-electron chi connectivity index (χ3n) is 3.74. The minimum atomic E-state index is -0.0866. The molecule has 2 rings (SSSR count). The highest BCUT2D eigenvalue weighted by atomic mass is 16.2. The minimum absolute atomic E-state index is 0.0866. The molecule has 100 valence electrons. The topological polar surface area (TPSA) is 59.8 Å². The van der Waals surface area contributed by atoms with Crippen LogP contribution in [0.3, 0.4) is 0 Å². The lowest BCUT2D eigenvalue weighted by atomic mass is 9.97. The Morgan fingerprint density at radius 2 is 2.39 bits per heavy atom. The third-order valence-corrected chi connectivity index (χ3v) is 3.74. The highest BCUT2D eigenvalue weighted by molar-refractivity contribution is 5.92. The predicted molar refractivity (Wildman–Crippen MR) is 69.1 cm³/mol. The van der Waals surface area contributed by atoms with Gasteiger partial charge in [0.1, 0.15) is 0 Å². The summed E-state index contributed by atoms with van der Waals surface area (Å²) in [6.45, 7) is 2.21. The monoisotopic (exact) mass is 250 g/mol. The predicted octanol–water partition coefficient (Wildman–Crippen LogP) is 1.90. The van der Waals surface area contributed by atoms with Crippen molar-refractivity contribution in [2.24, 2.45) is 13.0 Å². The average Bonchev–Trinajstić information content (AvgIpc) is 2.96. The molecule has 1 aliphatic rings. The molecule has 1 saturated carbocycles. The van der Waals surface area contributed by atoms with Crippen LogP contribution in [0.15, 0.2) is 6.20 Å². The van der Waals surface area contributed by atoms with E-state index in [4.69, 9.17) is 0 Å². The Morgan fingerprint density at radius 3 is 3.06 bits per heavy atom. The van der Waals surface area contributed by atoms with Gasteiger partial charge in [0.15, 0.2) is 5.69 Å². The Bertz CT molecular complexity index is 401. The number of carbonyl (C=O) groups excluding carboxylic acids is 1. The number of nitrogens with zero attached hydrogens (tertiary/aromatic N) is 3. The van der Waals surface area contributed by atoms with Crippen molar-refractivity contribution < 1.29 is 4.79 Å². The van der Waals surface area contributed by atoms with Crippen molar-refractivity contribution in [1.29, 1.82) is 0 Å². The van der Waals surface area contributed by atoms with Crippen LogP contribution in [-0.2, 0) is 7.05 Å². The molecule has 18 heavy (non-hydrogen) atoms. The molecule has 0 bridgehead atoms. The fourth-order valence-electron chi connectivity index (χ4n) is 2.73. The molecule has 2 atom stereocenters. The number of aryl methyl sites for hydroxylation is 1. The third kappa shape index (κ3) is 3.09. The molecule has 1 aromatic rings. The lowest BCUT2D eigenvalue weighted by Crippen LogP contribution is -2.37. The van der Waals surface area contributed by atoms with Crippen LogP contribution in [0.5, 0.6) is 0 Å². The van der Waals surface area contributed by atoms with Crippen molar-refractivity contribution in [3.05, 3.63) is 11.9 Å². The summed E-state index contributed by atoms with van der Waals surface area (Å²) in [7, 11) is 1.77. The first-order valence-electron chi connectivity index (χ1n) is 6.88. The summed E-state index contributed by atoms with van der Waals surface area (Å²) < 4.78 is 1.55. The summed E-state index contributed by atoms with van der Waals surface area (Å²) >= 11 is 0. The van der Waals surface area contributed by atoms with Gasteiger partial charge in [0.05, 0.1) is 6.20 Å². The fourth-order valence-corrected chi connectivity index (χ4v) is 2.73. The molecule has 0 radical (unpaired) electrons. The van der Waals surface area contributed by atoms with E-state index in [0.717, 1.165) is 6.42 Å². The zero-order valence-electron chi connectivity index (χ0n) is 11.2. The first-order valence-corrected chi connectivity index (χ1v) is 6.88. The van der Waals surface area contributed by atoms with Gasteiger partial charge in [0, 0.05) is 13.1 Å². The Hall–Kier alpha value is -1.39. The Balaban J connectivity index is 1.90. The van der Waals surface area contributed by atoms with Crippen LogP contribution in [-0.4, -0.2) is 26.9 Å². The van der Waals surface area contributed by atoms with E-state index in [1.165, 1.54) is 32.1 Å². The molecule has 0 saturated heterocycles. The maximum absolute atomic E-state index is 12.0. The number of carbonyl (C=O) groups is 1. The second-order valence-electron chi connectivity index (χ2n) is 5.19. The number of amides is 1. The van der Waals surface area contributed by atoms with Crippen LogP contribution in [0.4, 0.5) is 0 Å². The van der Waals surface area contributed by atoms with Gasteiger partial charge in [-0.1, -0.05) is 31.4 Å². The Labute approximate surface area is 108 Å². The number of hydrogen-bond donors (Lipinski definition) is 1. The van der Waals surface area contributed by atoms with Crippen molar-refractivity contribution >= 4 is 5.91 Å². The van der Waals surface area contributed by atoms with Crippen LogP contribution in [0.2, 0.25) is 0 Å². The van der Waals surface area contributed by atoms with E-state index in [2.05, 4.69) is 22.6 Å². The summed E-state index contributed by atoms with van der Waals surface area (Å²) in [4.78, 5) is 12.0. The minimum Gasteiger partial charge on any atom is -0.348 e. The maximum atomic E-state index is 12.0. The number of aromatic nitrogens is 3. The molecule has 0 aliphatic heterocycles. The molecule has 1 amide bonds. The van der Waals surface area contributed by atoms with E-state index in [0.29, 0.717) is 17.7 Å². The molecule has 0 unspecified atom stereocenters. The SMILES string of the molecule is CCCC[C@@H]1CCC[C@H]1NC(=O)c1cn(C)nn1. The van der Waals surface area contributed by atoms with Gasteiger partial charge in [-0.25, -0.2) is 0 Å². The number of hydrogen-bond acceptors (Lipinski definition) is 3. The van der Waals surface area contributed by atoms with Crippen molar-refractivity contribution in [2.45, 2.75) is 51.5 Å². The molecule has 1 aromatic heterocycles. The lowest BCUT2D eigenvalue weighted by Gasteiger charge is -2.20. The second kappa shape index (κ2) is 5.98. The van der Waals surface area contributed by atoms with Crippen molar-refractivity contribution in [1.82, 2.24) is 20.3 Å². The normalized spacial score (nSPS) is 23.2. The van der Waals surface area contributed by atoms with Crippen LogP contribution in [0, 0.1) is 5.92 Å². The fraction of sp³-hybridized carbons (Fsp3) is 0.769. The average molecular weight is 250 g/mol. The summed E-state index contributed by atoms with van der Waals surface area (Å²) in [6.07, 6.45) is 8.92. The van der Waals surface area contributed by atoms with Crippen molar-refractivity contribution in [3.8, 4) is 0 Å². The highest BCUT2D eigenvalue weighted by Crippen LogP contribution is 2.29. The van der Waals surface area contributed by atoms with Gasteiger partial charge in [0.25, 0.3) is 5.91 Å². The van der Waals surface area contributed by atoms with Crippen LogP contribution in [0.1, 0.15) is 55.9 Å². The molecule has 1 fully saturated rings. The molecule has 1 N–H and O–H groups in total. The van der Waals surface area contributed by atoms with Gasteiger partial charge in [-0.2, -0.15) is 0 Å². The van der Waals surface area contributed by atoms with Gasteiger partial charge in [0.2, 0.25) is 0 Å². The quantitative estimate of drug-likeness (QED) is 0.868. The van der Waals surface area contributed by atoms with Gasteiger partial charge in [-0.05, 0) is 25.2 Å². The molecule has 5 nitrogen and oxygen atoms in total. The van der Waals surface area contributed by atoms with Gasteiger partial charge in [-0.15, -0.1) is 5.10 Å². The standard InChI is InChI=1S/C13H22N4O/c1-3-4-6-10-7-5-8-11(10)14-13(18)12-9-17(2)16-15-12/h9-11H,3-8H2,1-2H3,(H,14,18)/t10-,11-/m1/s1. The van der Waals surface area contributed by atoms with E-state index in [1.807, 2.05) is 0 Å². The summed E-state index contributed by atoms with van der Waals surface area (Å²) in [5, 5.41) is 10.7. The smallest absolute Gasteiger partial charge is 0.273 e. The summed E-state index contributed by atoms with van der Waals surface area (Å²) in [5.74, 6) is 0.557.